The molecule has 3 heteroatoms. The normalized spacial score (nSPS) is 19.1. The SMILES string of the molecule is COc1cc2c(c3c1CCN(C)C3)CCC2=O. The molecule has 90 valence electrons. The van der Waals surface area contributed by atoms with Gasteiger partial charge in [0.15, 0.2) is 5.78 Å². The number of fused-ring (bicyclic) bond motifs is 3. The van der Waals surface area contributed by atoms with Gasteiger partial charge in [-0.05, 0) is 37.1 Å². The van der Waals surface area contributed by atoms with Gasteiger partial charge in [0, 0.05) is 30.6 Å². The van der Waals surface area contributed by atoms with E-state index >= 15 is 0 Å². The third kappa shape index (κ3) is 1.57. The zero-order valence-electron chi connectivity index (χ0n) is 10.4. The summed E-state index contributed by atoms with van der Waals surface area (Å²) in [5.74, 6) is 1.18. The highest BCUT2D eigenvalue weighted by Crippen LogP contribution is 2.37. The van der Waals surface area contributed by atoms with Crippen LogP contribution < -0.4 is 4.74 Å². The van der Waals surface area contributed by atoms with Gasteiger partial charge in [-0.15, -0.1) is 0 Å². The molecule has 0 bridgehead atoms. The molecule has 1 aromatic rings. The van der Waals surface area contributed by atoms with Gasteiger partial charge in [0.1, 0.15) is 5.75 Å². The maximum Gasteiger partial charge on any atom is 0.163 e. The second-order valence-electron chi connectivity index (χ2n) is 4.97. The maximum atomic E-state index is 11.8. The van der Waals surface area contributed by atoms with Crippen molar-refractivity contribution in [3.05, 3.63) is 28.3 Å². The van der Waals surface area contributed by atoms with Gasteiger partial charge in [-0.1, -0.05) is 0 Å². The molecule has 1 aliphatic carbocycles. The number of hydrogen-bond acceptors (Lipinski definition) is 3. The number of ether oxygens (including phenoxy) is 1. The summed E-state index contributed by atoms with van der Waals surface area (Å²) in [7, 11) is 3.82. The molecule has 3 rings (SSSR count). The van der Waals surface area contributed by atoms with E-state index in [-0.39, 0.29) is 5.78 Å². The molecule has 0 saturated carbocycles. The summed E-state index contributed by atoms with van der Waals surface area (Å²) in [6, 6.07) is 1.95. The molecular formula is C14H17NO2. The second-order valence-corrected chi connectivity index (χ2v) is 4.97. The van der Waals surface area contributed by atoms with E-state index in [1.807, 2.05) is 6.07 Å². The molecule has 17 heavy (non-hydrogen) atoms. The Labute approximate surface area is 101 Å². The molecule has 0 radical (unpaired) electrons. The van der Waals surface area contributed by atoms with Crippen LogP contribution in [0.5, 0.6) is 5.75 Å². The van der Waals surface area contributed by atoms with E-state index in [4.69, 9.17) is 4.74 Å². The molecule has 0 aromatic heterocycles. The summed E-state index contributed by atoms with van der Waals surface area (Å²) in [4.78, 5) is 14.1. The smallest absolute Gasteiger partial charge is 0.163 e. The number of likely N-dealkylation sites (N-methyl/N-ethyl adjacent to an activating group) is 1. The number of Topliss-reactive ketones (excluding diaryl/α,β-unsaturated/α-hetero) is 1. The monoisotopic (exact) mass is 231 g/mol. The Bertz CT molecular complexity index is 493. The van der Waals surface area contributed by atoms with Crippen LogP contribution in [0.4, 0.5) is 0 Å². The van der Waals surface area contributed by atoms with Crippen molar-refractivity contribution in [3.8, 4) is 5.75 Å². The summed E-state index contributed by atoms with van der Waals surface area (Å²) in [5.41, 5.74) is 4.84. The molecule has 1 heterocycles. The first-order valence-corrected chi connectivity index (χ1v) is 6.14. The minimum Gasteiger partial charge on any atom is -0.496 e. The van der Waals surface area contributed by atoms with Crippen LogP contribution in [0.25, 0.3) is 0 Å². The minimum absolute atomic E-state index is 0.273. The summed E-state index contributed by atoms with van der Waals surface area (Å²) < 4.78 is 5.45. The van der Waals surface area contributed by atoms with Crippen molar-refractivity contribution < 1.29 is 9.53 Å². The molecule has 2 aliphatic rings. The number of methoxy groups -OCH3 is 1. The lowest BCUT2D eigenvalue weighted by atomic mass is 9.91. The standard InChI is InChI=1S/C14H17NO2/c1-15-6-5-10-12(8-15)9-3-4-13(16)11(9)7-14(10)17-2/h7H,3-6,8H2,1-2H3. The topological polar surface area (TPSA) is 29.5 Å². The average Bonchev–Trinajstić information content (AvgIpc) is 2.70. The first kappa shape index (κ1) is 10.8. The number of rotatable bonds is 1. The lowest BCUT2D eigenvalue weighted by Gasteiger charge is -2.28. The predicted molar refractivity (Wildman–Crippen MR) is 65.7 cm³/mol. The second kappa shape index (κ2) is 3.84. The highest BCUT2D eigenvalue weighted by molar-refractivity contribution is 6.01. The number of carbonyl (C=O) groups is 1. The fourth-order valence-corrected chi connectivity index (χ4v) is 3.00. The van der Waals surface area contributed by atoms with Crippen LogP contribution in [0.2, 0.25) is 0 Å². The van der Waals surface area contributed by atoms with Gasteiger partial charge in [-0.3, -0.25) is 4.79 Å². The van der Waals surface area contributed by atoms with E-state index in [2.05, 4.69) is 11.9 Å². The molecule has 1 aromatic carbocycles. The molecule has 3 nitrogen and oxygen atoms in total. The molecule has 0 spiro atoms. The molecule has 0 saturated heterocycles. The van der Waals surface area contributed by atoms with Crippen molar-refractivity contribution >= 4 is 5.78 Å². The van der Waals surface area contributed by atoms with Crippen molar-refractivity contribution in [2.75, 3.05) is 20.7 Å². The number of benzene rings is 1. The van der Waals surface area contributed by atoms with Gasteiger partial charge >= 0.3 is 0 Å². The maximum absolute atomic E-state index is 11.8. The summed E-state index contributed by atoms with van der Waals surface area (Å²) in [6.07, 6.45) is 2.60. The minimum atomic E-state index is 0.273. The third-order valence-electron chi connectivity index (χ3n) is 3.92. The fraction of sp³-hybridized carbons (Fsp3) is 0.500. The average molecular weight is 231 g/mol. The Balaban J connectivity index is 2.21. The largest absolute Gasteiger partial charge is 0.496 e. The van der Waals surface area contributed by atoms with Crippen LogP contribution >= 0.6 is 0 Å². The lowest BCUT2D eigenvalue weighted by Crippen LogP contribution is -2.28. The van der Waals surface area contributed by atoms with Crippen LogP contribution in [0.3, 0.4) is 0 Å². The first-order chi connectivity index (χ1) is 8.20. The summed E-state index contributed by atoms with van der Waals surface area (Å²) >= 11 is 0. The molecule has 0 amide bonds. The number of nitrogens with zero attached hydrogens (tertiary/aromatic N) is 1. The van der Waals surface area contributed by atoms with Gasteiger partial charge in [0.25, 0.3) is 0 Å². The first-order valence-electron chi connectivity index (χ1n) is 6.14. The van der Waals surface area contributed by atoms with Crippen molar-refractivity contribution in [3.63, 3.8) is 0 Å². The highest BCUT2D eigenvalue weighted by Gasteiger charge is 2.29. The Hall–Kier alpha value is -1.35. The molecule has 0 atom stereocenters. The quantitative estimate of drug-likeness (QED) is 0.738. The van der Waals surface area contributed by atoms with Crippen molar-refractivity contribution in [1.82, 2.24) is 4.90 Å². The third-order valence-corrected chi connectivity index (χ3v) is 3.92. The molecule has 0 N–H and O–H groups in total. The van der Waals surface area contributed by atoms with Gasteiger partial charge in [-0.2, -0.15) is 0 Å². The summed E-state index contributed by atoms with van der Waals surface area (Å²) in [5, 5.41) is 0. The van der Waals surface area contributed by atoms with Crippen molar-refractivity contribution in [2.45, 2.75) is 25.8 Å². The van der Waals surface area contributed by atoms with E-state index in [0.29, 0.717) is 6.42 Å². The van der Waals surface area contributed by atoms with Crippen molar-refractivity contribution in [1.29, 1.82) is 0 Å². The number of carbonyl (C=O) groups excluding carboxylic acids is 1. The lowest BCUT2D eigenvalue weighted by molar-refractivity contribution is 0.0994. The highest BCUT2D eigenvalue weighted by atomic mass is 16.5. The molecule has 0 fully saturated rings. The zero-order valence-corrected chi connectivity index (χ0v) is 10.4. The number of ketones is 1. The predicted octanol–water partition coefficient (Wildman–Crippen LogP) is 1.81. The Morgan fingerprint density at radius 1 is 1.18 bits per heavy atom. The van der Waals surface area contributed by atoms with Gasteiger partial charge in [0.05, 0.1) is 7.11 Å². The molecule has 1 aliphatic heterocycles. The van der Waals surface area contributed by atoms with E-state index < -0.39 is 0 Å². The van der Waals surface area contributed by atoms with Gasteiger partial charge < -0.3 is 9.64 Å². The summed E-state index contributed by atoms with van der Waals surface area (Å²) in [6.45, 7) is 2.01. The Kier molecular flexibility index (Phi) is 2.44. The number of hydrogen-bond donors (Lipinski definition) is 0. The molecule has 0 unspecified atom stereocenters. The zero-order chi connectivity index (χ0) is 12.0. The van der Waals surface area contributed by atoms with Crippen LogP contribution in [0.1, 0.15) is 33.5 Å². The van der Waals surface area contributed by atoms with E-state index in [1.54, 1.807) is 7.11 Å². The van der Waals surface area contributed by atoms with Gasteiger partial charge in [0.2, 0.25) is 0 Å². The van der Waals surface area contributed by atoms with Crippen molar-refractivity contribution in [2.24, 2.45) is 0 Å². The Morgan fingerprint density at radius 3 is 2.76 bits per heavy atom. The van der Waals surface area contributed by atoms with E-state index in [1.165, 1.54) is 16.7 Å². The van der Waals surface area contributed by atoms with Crippen LogP contribution in [-0.4, -0.2) is 31.4 Å². The molecular weight excluding hydrogens is 214 g/mol. The van der Waals surface area contributed by atoms with Gasteiger partial charge in [-0.25, -0.2) is 0 Å². The van der Waals surface area contributed by atoms with E-state index in [0.717, 1.165) is 37.2 Å². The Morgan fingerprint density at radius 2 is 2.00 bits per heavy atom. The van der Waals surface area contributed by atoms with Crippen LogP contribution in [-0.2, 0) is 19.4 Å². The fourth-order valence-electron chi connectivity index (χ4n) is 3.00. The van der Waals surface area contributed by atoms with E-state index in [9.17, 15) is 4.79 Å². The van der Waals surface area contributed by atoms with Crippen LogP contribution in [0, 0.1) is 0 Å². The van der Waals surface area contributed by atoms with Crippen LogP contribution in [0.15, 0.2) is 6.07 Å².